The Kier molecular flexibility index (Phi) is 3.90. The molecule has 2 N–H and O–H groups in total. The van der Waals surface area contributed by atoms with Crippen LogP contribution >= 0.6 is 0 Å². The van der Waals surface area contributed by atoms with Crippen LogP contribution in [0.15, 0.2) is 30.5 Å². The van der Waals surface area contributed by atoms with E-state index in [4.69, 9.17) is 0 Å². The molecule has 6 heteroatoms. The SMILES string of the molecule is CN(C)c1ncc(CNC(=O)NC2C3CCc4ccccc4C32)n1C. The number of fused-ring (bicyclic) bond motifs is 3. The van der Waals surface area contributed by atoms with Crippen molar-refractivity contribution >= 4 is 12.0 Å². The summed E-state index contributed by atoms with van der Waals surface area (Å²) >= 11 is 0. The highest BCUT2D eigenvalue weighted by atomic mass is 16.2. The fraction of sp³-hybridized carbons (Fsp3) is 0.474. The van der Waals surface area contributed by atoms with Crippen molar-refractivity contribution in [2.45, 2.75) is 31.3 Å². The predicted octanol–water partition coefficient (Wildman–Crippen LogP) is 2.01. The molecule has 0 bridgehead atoms. The molecule has 0 aliphatic heterocycles. The Balaban J connectivity index is 1.34. The maximum atomic E-state index is 12.3. The zero-order valence-electron chi connectivity index (χ0n) is 15.0. The van der Waals surface area contributed by atoms with E-state index in [9.17, 15) is 4.79 Å². The Bertz CT molecular complexity index is 797. The van der Waals surface area contributed by atoms with Gasteiger partial charge in [-0.25, -0.2) is 9.78 Å². The molecule has 3 atom stereocenters. The maximum Gasteiger partial charge on any atom is 0.315 e. The Hall–Kier alpha value is -2.50. The van der Waals surface area contributed by atoms with Crippen LogP contribution in [0.2, 0.25) is 0 Å². The molecule has 2 aromatic rings. The number of amides is 2. The number of aryl methyl sites for hydroxylation is 1. The predicted molar refractivity (Wildman–Crippen MR) is 97.7 cm³/mol. The molecule has 132 valence electrons. The average molecular weight is 339 g/mol. The van der Waals surface area contributed by atoms with Crippen LogP contribution in [0.25, 0.3) is 0 Å². The molecule has 1 heterocycles. The summed E-state index contributed by atoms with van der Waals surface area (Å²) in [5.74, 6) is 1.97. The number of aromatic nitrogens is 2. The summed E-state index contributed by atoms with van der Waals surface area (Å²) in [4.78, 5) is 18.6. The molecule has 0 radical (unpaired) electrons. The Morgan fingerprint density at radius 3 is 2.92 bits per heavy atom. The molecule has 3 unspecified atom stereocenters. The van der Waals surface area contributed by atoms with E-state index in [1.165, 1.54) is 17.5 Å². The molecule has 25 heavy (non-hydrogen) atoms. The highest BCUT2D eigenvalue weighted by Gasteiger charge is 2.53. The molecule has 6 nitrogen and oxygen atoms in total. The molecule has 1 aromatic heterocycles. The fourth-order valence-corrected chi connectivity index (χ4v) is 4.15. The standard InChI is InChI=1S/C19H25N5O/c1-23(2)19-21-11-13(24(19)3)10-20-18(25)22-17-15-9-8-12-6-4-5-7-14(12)16(15)17/h4-7,11,15-17H,8-10H2,1-3H3,(H2,20,22,25). The molecule has 2 aliphatic carbocycles. The van der Waals surface area contributed by atoms with Gasteiger partial charge < -0.3 is 20.1 Å². The zero-order chi connectivity index (χ0) is 17.6. The highest BCUT2D eigenvalue weighted by Crippen LogP contribution is 2.54. The number of nitrogens with one attached hydrogen (secondary N) is 2. The van der Waals surface area contributed by atoms with Crippen molar-refractivity contribution in [3.05, 3.63) is 47.3 Å². The Labute approximate surface area is 148 Å². The molecule has 1 saturated carbocycles. The third-order valence-corrected chi connectivity index (χ3v) is 5.52. The highest BCUT2D eigenvalue weighted by molar-refractivity contribution is 5.75. The molecule has 0 spiro atoms. The lowest BCUT2D eigenvalue weighted by Crippen LogP contribution is -2.37. The summed E-state index contributed by atoms with van der Waals surface area (Å²) in [5, 5.41) is 6.13. The van der Waals surface area contributed by atoms with Crippen molar-refractivity contribution in [2.24, 2.45) is 13.0 Å². The Morgan fingerprint density at radius 2 is 2.16 bits per heavy atom. The van der Waals surface area contributed by atoms with E-state index in [1.807, 2.05) is 36.8 Å². The first-order chi connectivity index (χ1) is 12.1. The van der Waals surface area contributed by atoms with E-state index in [0.29, 0.717) is 18.4 Å². The van der Waals surface area contributed by atoms with Crippen LogP contribution in [0.4, 0.5) is 10.7 Å². The van der Waals surface area contributed by atoms with Crippen LogP contribution in [0.1, 0.15) is 29.2 Å². The molecular weight excluding hydrogens is 314 g/mol. The van der Waals surface area contributed by atoms with Crippen LogP contribution < -0.4 is 15.5 Å². The van der Waals surface area contributed by atoms with Crippen molar-refractivity contribution in [1.29, 1.82) is 0 Å². The molecule has 2 amide bonds. The summed E-state index contributed by atoms with van der Waals surface area (Å²) in [6, 6.07) is 8.81. The second-order valence-electron chi connectivity index (χ2n) is 7.28. The largest absolute Gasteiger partial charge is 0.348 e. The molecule has 1 aromatic carbocycles. The van der Waals surface area contributed by atoms with Crippen LogP contribution in [-0.4, -0.2) is 35.7 Å². The third kappa shape index (κ3) is 2.86. The topological polar surface area (TPSA) is 62.2 Å². The number of carbonyl (C=O) groups excluding carboxylic acids is 1. The van der Waals surface area contributed by atoms with Crippen molar-refractivity contribution in [3.63, 3.8) is 0 Å². The number of urea groups is 1. The van der Waals surface area contributed by atoms with Gasteiger partial charge in [-0.15, -0.1) is 0 Å². The lowest BCUT2D eigenvalue weighted by atomic mass is 9.92. The van der Waals surface area contributed by atoms with Gasteiger partial charge in [-0.1, -0.05) is 24.3 Å². The number of carbonyl (C=O) groups is 1. The second-order valence-corrected chi connectivity index (χ2v) is 7.28. The monoisotopic (exact) mass is 339 g/mol. The van der Waals surface area contributed by atoms with Crippen molar-refractivity contribution in [2.75, 3.05) is 19.0 Å². The molecule has 0 saturated heterocycles. The minimum absolute atomic E-state index is 0.0931. The summed E-state index contributed by atoms with van der Waals surface area (Å²) < 4.78 is 1.99. The van der Waals surface area contributed by atoms with Crippen LogP contribution in [0, 0.1) is 5.92 Å². The second kappa shape index (κ2) is 6.10. The van der Waals surface area contributed by atoms with E-state index < -0.39 is 0 Å². The van der Waals surface area contributed by atoms with Crippen LogP contribution in [-0.2, 0) is 20.0 Å². The van der Waals surface area contributed by atoms with Gasteiger partial charge in [-0.3, -0.25) is 0 Å². The van der Waals surface area contributed by atoms with Gasteiger partial charge in [0, 0.05) is 33.1 Å². The zero-order valence-corrected chi connectivity index (χ0v) is 15.0. The van der Waals surface area contributed by atoms with E-state index in [2.05, 4.69) is 39.9 Å². The summed E-state index contributed by atoms with van der Waals surface area (Å²) in [5.41, 5.74) is 3.85. The number of benzene rings is 1. The summed E-state index contributed by atoms with van der Waals surface area (Å²) in [6.07, 6.45) is 4.10. The first-order valence-electron chi connectivity index (χ1n) is 8.86. The van der Waals surface area contributed by atoms with Gasteiger partial charge in [-0.2, -0.15) is 0 Å². The lowest BCUT2D eigenvalue weighted by Gasteiger charge is -2.13. The minimum atomic E-state index is -0.0931. The molecule has 2 aliphatic rings. The molecule has 1 fully saturated rings. The Morgan fingerprint density at radius 1 is 1.36 bits per heavy atom. The number of hydrogen-bond donors (Lipinski definition) is 2. The van der Waals surface area contributed by atoms with Gasteiger partial charge in [0.25, 0.3) is 0 Å². The summed E-state index contributed by atoms with van der Waals surface area (Å²) in [6.45, 7) is 0.474. The van der Waals surface area contributed by atoms with E-state index in [-0.39, 0.29) is 12.1 Å². The average Bonchev–Trinajstić information content (AvgIpc) is 3.17. The van der Waals surface area contributed by atoms with Crippen molar-refractivity contribution in [3.8, 4) is 0 Å². The summed E-state index contributed by atoms with van der Waals surface area (Å²) in [7, 11) is 5.88. The van der Waals surface area contributed by atoms with Gasteiger partial charge in [0.1, 0.15) is 0 Å². The van der Waals surface area contributed by atoms with E-state index in [0.717, 1.165) is 18.1 Å². The number of imidazole rings is 1. The van der Waals surface area contributed by atoms with Gasteiger partial charge in [-0.05, 0) is 29.9 Å². The van der Waals surface area contributed by atoms with E-state index >= 15 is 0 Å². The number of rotatable bonds is 4. The van der Waals surface area contributed by atoms with Crippen molar-refractivity contribution in [1.82, 2.24) is 20.2 Å². The van der Waals surface area contributed by atoms with Gasteiger partial charge in [0.2, 0.25) is 5.95 Å². The van der Waals surface area contributed by atoms with Gasteiger partial charge in [0.05, 0.1) is 18.4 Å². The van der Waals surface area contributed by atoms with Gasteiger partial charge >= 0.3 is 6.03 Å². The third-order valence-electron chi connectivity index (χ3n) is 5.52. The number of nitrogens with zero attached hydrogens (tertiary/aromatic N) is 3. The van der Waals surface area contributed by atoms with E-state index in [1.54, 1.807) is 0 Å². The number of hydrogen-bond acceptors (Lipinski definition) is 3. The first-order valence-corrected chi connectivity index (χ1v) is 8.86. The minimum Gasteiger partial charge on any atom is -0.348 e. The fourth-order valence-electron chi connectivity index (χ4n) is 4.15. The van der Waals surface area contributed by atoms with Crippen LogP contribution in [0.3, 0.4) is 0 Å². The number of anilines is 1. The lowest BCUT2D eigenvalue weighted by molar-refractivity contribution is 0.239. The van der Waals surface area contributed by atoms with Crippen molar-refractivity contribution < 1.29 is 4.79 Å². The van der Waals surface area contributed by atoms with Crippen LogP contribution in [0.5, 0.6) is 0 Å². The first kappa shape index (κ1) is 16.0. The smallest absolute Gasteiger partial charge is 0.315 e. The van der Waals surface area contributed by atoms with Gasteiger partial charge in [0.15, 0.2) is 0 Å². The molecular formula is C19H25N5O. The molecule has 4 rings (SSSR count). The quantitative estimate of drug-likeness (QED) is 0.896. The maximum absolute atomic E-state index is 12.3. The normalized spacial score (nSPS) is 23.4.